The van der Waals surface area contributed by atoms with Crippen LogP contribution in [0.3, 0.4) is 0 Å². The van der Waals surface area contributed by atoms with Crippen LogP contribution >= 0.6 is 0 Å². The van der Waals surface area contributed by atoms with Crippen LogP contribution in [0, 0.1) is 6.92 Å². The van der Waals surface area contributed by atoms with Crippen LogP contribution < -0.4 is 10.1 Å². The maximum absolute atomic E-state index is 11.8. The first-order chi connectivity index (χ1) is 10.1. The number of aromatic nitrogens is 2. The lowest BCUT2D eigenvalue weighted by Crippen LogP contribution is -2.36. The van der Waals surface area contributed by atoms with Gasteiger partial charge in [-0.3, -0.25) is 4.79 Å². The summed E-state index contributed by atoms with van der Waals surface area (Å²) < 4.78 is 7.36. The van der Waals surface area contributed by atoms with Crippen LogP contribution in [-0.2, 0) is 4.79 Å². The Labute approximate surface area is 124 Å². The molecular weight excluding hydrogens is 266 g/mol. The van der Waals surface area contributed by atoms with Gasteiger partial charge in [-0.05, 0) is 26.0 Å². The Balaban J connectivity index is 2.09. The van der Waals surface area contributed by atoms with E-state index in [9.17, 15) is 4.79 Å². The molecule has 5 heteroatoms. The summed E-state index contributed by atoms with van der Waals surface area (Å²) in [5.74, 6) is 0.267. The third-order valence-electron chi connectivity index (χ3n) is 2.95. The van der Waals surface area contributed by atoms with Crippen molar-refractivity contribution in [3.8, 4) is 11.6 Å². The van der Waals surface area contributed by atoms with E-state index in [1.54, 1.807) is 17.7 Å². The fourth-order valence-corrected chi connectivity index (χ4v) is 1.81. The van der Waals surface area contributed by atoms with Gasteiger partial charge in [0.1, 0.15) is 0 Å². The predicted molar refractivity (Wildman–Crippen MR) is 81.6 cm³/mol. The molecule has 0 unspecified atom stereocenters. The van der Waals surface area contributed by atoms with Crippen molar-refractivity contribution in [3.63, 3.8) is 0 Å². The topological polar surface area (TPSA) is 56.1 Å². The number of carbonyl (C=O) groups excluding carboxylic acids is 1. The lowest BCUT2D eigenvalue weighted by atomic mass is 10.3. The average Bonchev–Trinajstić information content (AvgIpc) is 2.86. The number of ether oxygens (including phenoxy) is 1. The van der Waals surface area contributed by atoms with Crippen molar-refractivity contribution < 1.29 is 9.53 Å². The SMILES string of the molecule is C=CCNC(=O)[C@H](C)Oc1nn(-c2ccccc2)cc1C. The molecule has 0 spiro atoms. The number of nitrogens with zero attached hydrogens (tertiary/aromatic N) is 2. The second-order valence-electron chi connectivity index (χ2n) is 4.69. The van der Waals surface area contributed by atoms with E-state index in [0.29, 0.717) is 12.4 Å². The zero-order valence-corrected chi connectivity index (χ0v) is 12.2. The highest BCUT2D eigenvalue weighted by atomic mass is 16.5. The van der Waals surface area contributed by atoms with Gasteiger partial charge in [-0.2, -0.15) is 0 Å². The van der Waals surface area contributed by atoms with E-state index < -0.39 is 6.10 Å². The van der Waals surface area contributed by atoms with Crippen molar-refractivity contribution in [2.75, 3.05) is 6.54 Å². The molecule has 1 N–H and O–H groups in total. The third-order valence-corrected chi connectivity index (χ3v) is 2.95. The molecule has 0 aliphatic carbocycles. The summed E-state index contributed by atoms with van der Waals surface area (Å²) in [6.07, 6.45) is 2.89. The van der Waals surface area contributed by atoms with Gasteiger partial charge < -0.3 is 10.1 Å². The zero-order chi connectivity index (χ0) is 15.2. The molecule has 0 saturated heterocycles. The van der Waals surface area contributed by atoms with Crippen molar-refractivity contribution in [2.24, 2.45) is 0 Å². The first-order valence-corrected chi connectivity index (χ1v) is 6.78. The minimum absolute atomic E-state index is 0.191. The summed E-state index contributed by atoms with van der Waals surface area (Å²) in [4.78, 5) is 11.8. The molecule has 0 saturated carbocycles. The van der Waals surface area contributed by atoms with E-state index in [2.05, 4.69) is 17.0 Å². The number of hydrogen-bond donors (Lipinski definition) is 1. The van der Waals surface area contributed by atoms with E-state index in [0.717, 1.165) is 11.3 Å². The smallest absolute Gasteiger partial charge is 0.261 e. The highest BCUT2D eigenvalue weighted by Gasteiger charge is 2.17. The molecule has 1 atom stereocenters. The van der Waals surface area contributed by atoms with Gasteiger partial charge in [-0.1, -0.05) is 24.3 Å². The number of amides is 1. The average molecular weight is 285 g/mol. The highest BCUT2D eigenvalue weighted by molar-refractivity contribution is 5.80. The Hall–Kier alpha value is -2.56. The molecule has 2 aromatic rings. The molecule has 1 heterocycles. The Morgan fingerprint density at radius 2 is 2.19 bits per heavy atom. The number of benzene rings is 1. The minimum Gasteiger partial charge on any atom is -0.463 e. The van der Waals surface area contributed by atoms with Crippen molar-refractivity contribution >= 4 is 5.91 Å². The molecular formula is C16H19N3O2. The number of nitrogens with one attached hydrogen (secondary N) is 1. The maximum Gasteiger partial charge on any atom is 0.261 e. The largest absolute Gasteiger partial charge is 0.463 e. The number of aryl methyl sites for hydroxylation is 1. The Morgan fingerprint density at radius 3 is 2.86 bits per heavy atom. The van der Waals surface area contributed by atoms with Gasteiger partial charge in [0.05, 0.1) is 5.69 Å². The molecule has 0 fully saturated rings. The van der Waals surface area contributed by atoms with Crippen LogP contribution in [0.4, 0.5) is 0 Å². The van der Waals surface area contributed by atoms with Gasteiger partial charge in [0.15, 0.2) is 6.10 Å². The van der Waals surface area contributed by atoms with Crippen LogP contribution in [0.2, 0.25) is 0 Å². The van der Waals surface area contributed by atoms with Crippen LogP contribution in [0.15, 0.2) is 49.2 Å². The molecule has 0 aliphatic rings. The maximum atomic E-state index is 11.8. The van der Waals surface area contributed by atoms with Crippen molar-refractivity contribution in [3.05, 3.63) is 54.7 Å². The number of para-hydroxylation sites is 1. The van der Waals surface area contributed by atoms with E-state index >= 15 is 0 Å². The number of rotatable bonds is 6. The summed E-state index contributed by atoms with van der Waals surface area (Å²) in [5, 5.41) is 7.07. The predicted octanol–water partition coefficient (Wildman–Crippen LogP) is 2.25. The van der Waals surface area contributed by atoms with Crippen LogP contribution in [-0.4, -0.2) is 28.3 Å². The highest BCUT2D eigenvalue weighted by Crippen LogP contribution is 2.19. The molecule has 110 valence electrons. The molecule has 1 aromatic carbocycles. The van der Waals surface area contributed by atoms with Crippen LogP contribution in [0.1, 0.15) is 12.5 Å². The Kier molecular flexibility index (Phi) is 4.77. The van der Waals surface area contributed by atoms with Crippen LogP contribution in [0.25, 0.3) is 5.69 Å². The summed E-state index contributed by atoms with van der Waals surface area (Å²) >= 11 is 0. The summed E-state index contributed by atoms with van der Waals surface area (Å²) in [7, 11) is 0. The fraction of sp³-hybridized carbons (Fsp3) is 0.250. The number of carbonyl (C=O) groups is 1. The lowest BCUT2D eigenvalue weighted by Gasteiger charge is -2.12. The third kappa shape index (κ3) is 3.72. The zero-order valence-electron chi connectivity index (χ0n) is 12.2. The van der Waals surface area contributed by atoms with E-state index in [-0.39, 0.29) is 5.91 Å². The monoisotopic (exact) mass is 285 g/mol. The molecule has 0 aliphatic heterocycles. The van der Waals surface area contributed by atoms with E-state index in [1.165, 1.54) is 0 Å². The molecule has 5 nitrogen and oxygen atoms in total. The molecule has 0 bridgehead atoms. The van der Waals surface area contributed by atoms with Crippen molar-refractivity contribution in [1.82, 2.24) is 15.1 Å². The van der Waals surface area contributed by atoms with Gasteiger partial charge in [-0.25, -0.2) is 4.68 Å². The molecule has 21 heavy (non-hydrogen) atoms. The fourth-order valence-electron chi connectivity index (χ4n) is 1.81. The lowest BCUT2D eigenvalue weighted by molar-refractivity contribution is -0.127. The molecule has 2 rings (SSSR count). The van der Waals surface area contributed by atoms with Gasteiger partial charge in [0.2, 0.25) is 5.88 Å². The van der Waals surface area contributed by atoms with Gasteiger partial charge >= 0.3 is 0 Å². The Morgan fingerprint density at radius 1 is 1.48 bits per heavy atom. The standard InChI is InChI=1S/C16H19N3O2/c1-4-10-17-15(20)13(3)21-16-12(2)11-19(18-16)14-8-6-5-7-9-14/h4-9,11,13H,1,10H2,2-3H3,(H,17,20)/t13-/m0/s1. The first-order valence-electron chi connectivity index (χ1n) is 6.78. The molecule has 1 amide bonds. The summed E-state index contributed by atoms with van der Waals surface area (Å²) in [5.41, 5.74) is 1.82. The Bertz CT molecular complexity index is 620. The normalized spacial score (nSPS) is 11.7. The van der Waals surface area contributed by atoms with E-state index in [1.807, 2.05) is 43.5 Å². The van der Waals surface area contributed by atoms with Crippen molar-refractivity contribution in [1.29, 1.82) is 0 Å². The van der Waals surface area contributed by atoms with E-state index in [4.69, 9.17) is 4.74 Å². The quantitative estimate of drug-likeness (QED) is 0.828. The molecule has 1 aromatic heterocycles. The van der Waals surface area contributed by atoms with Crippen LogP contribution in [0.5, 0.6) is 5.88 Å². The number of hydrogen-bond acceptors (Lipinski definition) is 3. The summed E-state index contributed by atoms with van der Waals surface area (Å²) in [6.45, 7) is 7.57. The van der Waals surface area contributed by atoms with Gasteiger partial charge in [0.25, 0.3) is 5.91 Å². The summed E-state index contributed by atoms with van der Waals surface area (Å²) in [6, 6.07) is 9.74. The van der Waals surface area contributed by atoms with Crippen molar-refractivity contribution in [2.45, 2.75) is 20.0 Å². The minimum atomic E-state index is -0.609. The molecule has 0 radical (unpaired) electrons. The first kappa shape index (κ1) is 14.8. The second-order valence-corrected chi connectivity index (χ2v) is 4.69. The second kappa shape index (κ2) is 6.74. The van der Waals surface area contributed by atoms with Gasteiger partial charge in [0, 0.05) is 18.3 Å². The van der Waals surface area contributed by atoms with Gasteiger partial charge in [-0.15, -0.1) is 11.7 Å².